The highest BCUT2D eigenvalue weighted by atomic mass is 79.9. The molecule has 2 atom stereocenters. The fourth-order valence-electron chi connectivity index (χ4n) is 2.68. The smallest absolute Gasteiger partial charge is 0.241 e. The largest absolute Gasteiger partial charge is 0.492 e. The molecule has 4 bridgehead atoms. The minimum absolute atomic E-state index is 0.105. The minimum Gasteiger partial charge on any atom is -0.492 e. The Bertz CT molecular complexity index is 938. The number of benzene rings is 1. The lowest BCUT2D eigenvalue weighted by atomic mass is 10.0. The summed E-state index contributed by atoms with van der Waals surface area (Å²) < 4.78 is 30.0. The third-order valence-corrected chi connectivity index (χ3v) is 5.74. The number of fused-ring (bicyclic) bond motifs is 4. The maximum atomic E-state index is 11.8. The average molecular weight is 458 g/mol. The van der Waals surface area contributed by atoms with E-state index in [2.05, 4.69) is 36.5 Å². The van der Waals surface area contributed by atoms with Gasteiger partial charge in [0.2, 0.25) is 16.0 Å². The molecular weight excluding hydrogens is 438 g/mol. The Morgan fingerprint density at radius 3 is 2.93 bits per heavy atom. The number of aromatic nitrogens is 2. The molecule has 0 saturated heterocycles. The molecular formula is C16H20BrN5O4S. The molecule has 3 rings (SSSR count). The van der Waals surface area contributed by atoms with Crippen molar-refractivity contribution in [2.24, 2.45) is 11.1 Å². The van der Waals surface area contributed by atoms with E-state index in [0.717, 1.165) is 0 Å². The summed E-state index contributed by atoms with van der Waals surface area (Å²) in [5, 5.41) is 21.5. The van der Waals surface area contributed by atoms with Crippen LogP contribution in [-0.4, -0.2) is 42.7 Å². The van der Waals surface area contributed by atoms with E-state index < -0.39 is 16.1 Å². The number of nitrogens with two attached hydrogens (primary N) is 1. The molecule has 0 radical (unpaired) electrons. The fraction of sp³-hybridized carbons (Fsp3) is 0.375. The molecule has 5 N–H and O–H groups in total. The number of nitrogens with one attached hydrogen (secondary N) is 2. The molecule has 1 aliphatic heterocycles. The number of ether oxygens (including phenoxy) is 1. The summed E-state index contributed by atoms with van der Waals surface area (Å²) in [6.45, 7) is 2.37. The summed E-state index contributed by atoms with van der Waals surface area (Å²) in [6, 6.07) is 4.47. The summed E-state index contributed by atoms with van der Waals surface area (Å²) in [5.41, 5.74) is 0.553. The Balaban J connectivity index is 2.03. The van der Waals surface area contributed by atoms with E-state index >= 15 is 0 Å². The fourth-order valence-corrected chi connectivity index (χ4v) is 3.66. The summed E-state index contributed by atoms with van der Waals surface area (Å²) in [5.74, 6) is 0.907. The van der Waals surface area contributed by atoms with Gasteiger partial charge in [-0.25, -0.2) is 18.5 Å². The predicted molar refractivity (Wildman–Crippen MR) is 105 cm³/mol. The van der Waals surface area contributed by atoms with Gasteiger partial charge in [0.1, 0.15) is 16.5 Å². The molecule has 27 heavy (non-hydrogen) atoms. The van der Waals surface area contributed by atoms with E-state index in [1.165, 1.54) is 12.1 Å². The van der Waals surface area contributed by atoms with Crippen LogP contribution in [0, 0.1) is 5.92 Å². The van der Waals surface area contributed by atoms with E-state index in [9.17, 15) is 13.5 Å². The van der Waals surface area contributed by atoms with Crippen molar-refractivity contribution in [1.29, 1.82) is 0 Å². The number of aliphatic hydroxyl groups excluding tert-OH is 1. The Morgan fingerprint density at radius 1 is 1.44 bits per heavy atom. The maximum Gasteiger partial charge on any atom is 0.241 e. The van der Waals surface area contributed by atoms with Crippen molar-refractivity contribution in [1.82, 2.24) is 9.97 Å². The van der Waals surface area contributed by atoms with Crippen molar-refractivity contribution < 1.29 is 18.3 Å². The van der Waals surface area contributed by atoms with Gasteiger partial charge in [-0.15, -0.1) is 0 Å². The van der Waals surface area contributed by atoms with E-state index in [1.54, 1.807) is 19.2 Å². The summed E-state index contributed by atoms with van der Waals surface area (Å²) in [6.07, 6.45) is 1.51. The first-order chi connectivity index (χ1) is 12.7. The molecule has 11 heteroatoms. The summed E-state index contributed by atoms with van der Waals surface area (Å²) in [7, 11) is -3.94. The molecule has 9 nitrogen and oxygen atoms in total. The molecule has 1 aromatic carbocycles. The van der Waals surface area contributed by atoms with Gasteiger partial charge in [-0.05, 0) is 41.4 Å². The van der Waals surface area contributed by atoms with E-state index in [4.69, 9.17) is 9.88 Å². The van der Waals surface area contributed by atoms with Crippen LogP contribution in [0.5, 0.6) is 5.75 Å². The van der Waals surface area contributed by atoms with Crippen molar-refractivity contribution in [3.05, 3.63) is 28.9 Å². The molecule has 0 fully saturated rings. The van der Waals surface area contributed by atoms with Crippen LogP contribution < -0.4 is 20.5 Å². The van der Waals surface area contributed by atoms with Crippen LogP contribution in [-0.2, 0) is 10.0 Å². The minimum atomic E-state index is -3.94. The third-order valence-electron chi connectivity index (χ3n) is 4.21. The molecule has 0 spiro atoms. The molecule has 2 heterocycles. The molecule has 0 saturated carbocycles. The number of hydrogen-bond acceptors (Lipinski definition) is 8. The van der Waals surface area contributed by atoms with Gasteiger partial charge < -0.3 is 20.5 Å². The van der Waals surface area contributed by atoms with E-state index in [-0.39, 0.29) is 23.2 Å². The Morgan fingerprint density at radius 2 is 2.22 bits per heavy atom. The zero-order chi connectivity index (χ0) is 19.6. The number of anilines is 3. The van der Waals surface area contributed by atoms with Crippen LogP contribution in [0.4, 0.5) is 17.5 Å². The number of rotatable bonds is 2. The van der Waals surface area contributed by atoms with Crippen LogP contribution in [0.25, 0.3) is 0 Å². The second-order valence-electron chi connectivity index (χ2n) is 6.24. The highest BCUT2D eigenvalue weighted by molar-refractivity contribution is 9.10. The Labute approximate surface area is 165 Å². The number of halogens is 1. The third kappa shape index (κ3) is 4.86. The van der Waals surface area contributed by atoms with Crippen LogP contribution in [0.2, 0.25) is 0 Å². The quantitative estimate of drug-likeness (QED) is 0.535. The first-order valence-electron chi connectivity index (χ1n) is 8.25. The maximum absolute atomic E-state index is 11.8. The topological polar surface area (TPSA) is 139 Å². The van der Waals surface area contributed by atoms with Gasteiger partial charge in [0.15, 0.2) is 0 Å². The van der Waals surface area contributed by atoms with Crippen molar-refractivity contribution in [2.45, 2.75) is 24.3 Å². The van der Waals surface area contributed by atoms with Crippen molar-refractivity contribution in [3.8, 4) is 5.75 Å². The number of primary sulfonamides is 1. The second kappa shape index (κ2) is 7.97. The summed E-state index contributed by atoms with van der Waals surface area (Å²) >= 11 is 3.40. The van der Waals surface area contributed by atoms with Gasteiger partial charge >= 0.3 is 0 Å². The number of aliphatic hydroxyl groups is 1. The number of hydrogen-bond donors (Lipinski definition) is 4. The lowest BCUT2D eigenvalue weighted by Crippen LogP contribution is -2.27. The molecule has 2 unspecified atom stereocenters. The first-order valence-corrected chi connectivity index (χ1v) is 10.6. The summed E-state index contributed by atoms with van der Waals surface area (Å²) in [4.78, 5) is 8.50. The Hall–Kier alpha value is -1.95. The van der Waals surface area contributed by atoms with E-state index in [1.807, 2.05) is 0 Å². The second-order valence-corrected chi connectivity index (χ2v) is 8.62. The number of nitrogens with zero attached hydrogens (tertiary/aromatic N) is 2. The van der Waals surface area contributed by atoms with Gasteiger partial charge in [0, 0.05) is 30.4 Å². The number of sulfonamides is 1. The van der Waals surface area contributed by atoms with Gasteiger partial charge in [-0.1, -0.05) is 0 Å². The predicted octanol–water partition coefficient (Wildman–Crippen LogP) is 1.82. The van der Waals surface area contributed by atoms with Crippen molar-refractivity contribution in [3.63, 3.8) is 0 Å². The van der Waals surface area contributed by atoms with Crippen LogP contribution in [0.15, 0.2) is 33.8 Å². The zero-order valence-electron chi connectivity index (χ0n) is 14.5. The monoisotopic (exact) mass is 457 g/mol. The van der Waals surface area contributed by atoms with Crippen LogP contribution in [0.3, 0.4) is 0 Å². The molecule has 2 aromatic rings. The van der Waals surface area contributed by atoms with Crippen molar-refractivity contribution in [2.75, 3.05) is 23.8 Å². The standard InChI is InChI=1S/C16H20BrN5O4S/c1-9(23)10-4-5-26-13-6-11(2-3-14(13)27(18,24)25)21-16-20-8-12(17)15(22-16)19-7-10/h2-3,6,8-10,23H,4-5,7H2,1H3,(H2,18,24,25)(H2,19,20,21,22). The van der Waals surface area contributed by atoms with Crippen molar-refractivity contribution >= 4 is 43.4 Å². The molecule has 0 amide bonds. The normalized spacial score (nSPS) is 18.6. The lowest BCUT2D eigenvalue weighted by Gasteiger charge is -2.21. The Kier molecular flexibility index (Phi) is 5.84. The first kappa shape index (κ1) is 19.8. The van der Waals surface area contributed by atoms with Gasteiger partial charge in [0.25, 0.3) is 0 Å². The molecule has 1 aromatic heterocycles. The van der Waals surface area contributed by atoms with Crippen LogP contribution in [0.1, 0.15) is 13.3 Å². The molecule has 0 aliphatic carbocycles. The SMILES string of the molecule is CC(O)C1CCOc2cc(ccc2S(N)(=O)=O)Nc2ncc(Br)c(n2)NC1. The highest BCUT2D eigenvalue weighted by Crippen LogP contribution is 2.30. The van der Waals surface area contributed by atoms with Gasteiger partial charge in [0.05, 0.1) is 17.2 Å². The average Bonchev–Trinajstić information content (AvgIpc) is 2.59. The highest BCUT2D eigenvalue weighted by Gasteiger charge is 2.20. The van der Waals surface area contributed by atoms with E-state index in [0.29, 0.717) is 34.9 Å². The molecule has 146 valence electrons. The molecule has 1 aliphatic rings. The lowest BCUT2D eigenvalue weighted by molar-refractivity contribution is 0.114. The van der Waals surface area contributed by atoms with Gasteiger partial charge in [-0.3, -0.25) is 0 Å². The van der Waals surface area contributed by atoms with Crippen LogP contribution >= 0.6 is 15.9 Å². The van der Waals surface area contributed by atoms with Gasteiger partial charge in [-0.2, -0.15) is 4.98 Å². The zero-order valence-corrected chi connectivity index (χ0v) is 16.9.